The molecule has 0 radical (unpaired) electrons. The summed E-state index contributed by atoms with van der Waals surface area (Å²) >= 11 is 0. The highest BCUT2D eigenvalue weighted by molar-refractivity contribution is 5.77. The molecule has 0 aliphatic carbocycles. The van der Waals surface area contributed by atoms with E-state index in [4.69, 9.17) is 4.74 Å². The third-order valence-corrected chi connectivity index (χ3v) is 3.03. The van der Waals surface area contributed by atoms with Gasteiger partial charge in [0, 0.05) is 19.5 Å². The van der Waals surface area contributed by atoms with Gasteiger partial charge in [0.1, 0.15) is 6.61 Å². The molecule has 2 amide bonds. The maximum Gasteiger partial charge on any atom is 0.409 e. The topological polar surface area (TPSA) is 58.6 Å². The van der Waals surface area contributed by atoms with Gasteiger partial charge in [-0.05, 0) is 12.5 Å². The lowest BCUT2D eigenvalue weighted by Crippen LogP contribution is -2.31. The largest absolute Gasteiger partial charge is 0.448 e. The molecule has 1 saturated heterocycles. The quantitative estimate of drug-likeness (QED) is 0.873. The molecule has 0 saturated carbocycles. The van der Waals surface area contributed by atoms with Crippen molar-refractivity contribution < 1.29 is 14.3 Å². The molecule has 1 N–H and O–H groups in total. The van der Waals surface area contributed by atoms with Crippen molar-refractivity contribution in [2.75, 3.05) is 19.7 Å². The van der Waals surface area contributed by atoms with Crippen molar-refractivity contribution in [1.82, 2.24) is 10.2 Å². The van der Waals surface area contributed by atoms with Gasteiger partial charge in [-0.3, -0.25) is 4.79 Å². The Bertz CT molecular complexity index is 474. The summed E-state index contributed by atoms with van der Waals surface area (Å²) in [5.74, 6) is -0.0544. The lowest BCUT2D eigenvalue weighted by atomic mass is 10.1. The van der Waals surface area contributed by atoms with E-state index in [1.807, 2.05) is 31.2 Å². The third kappa shape index (κ3) is 3.98. The number of cyclic esters (lactones) is 1. The molecule has 19 heavy (non-hydrogen) atoms. The van der Waals surface area contributed by atoms with E-state index in [0.29, 0.717) is 32.7 Å². The smallest absolute Gasteiger partial charge is 0.409 e. The van der Waals surface area contributed by atoms with E-state index >= 15 is 0 Å². The third-order valence-electron chi connectivity index (χ3n) is 3.03. The van der Waals surface area contributed by atoms with Crippen LogP contribution in [-0.4, -0.2) is 36.6 Å². The Labute approximate surface area is 112 Å². The zero-order valence-corrected chi connectivity index (χ0v) is 11.0. The average molecular weight is 262 g/mol. The Morgan fingerprint density at radius 3 is 3.00 bits per heavy atom. The van der Waals surface area contributed by atoms with Gasteiger partial charge in [-0.2, -0.15) is 0 Å². The number of aryl methyl sites for hydroxylation is 1. The van der Waals surface area contributed by atoms with E-state index in [-0.39, 0.29) is 12.0 Å². The number of carbonyl (C=O) groups excluding carboxylic acids is 2. The molecule has 5 nitrogen and oxygen atoms in total. The molecule has 2 rings (SSSR count). The Kier molecular flexibility index (Phi) is 4.39. The summed E-state index contributed by atoms with van der Waals surface area (Å²) in [4.78, 5) is 24.4. The minimum Gasteiger partial charge on any atom is -0.448 e. The second kappa shape index (κ2) is 6.22. The molecule has 1 aliphatic rings. The summed E-state index contributed by atoms with van der Waals surface area (Å²) < 4.78 is 4.80. The number of nitrogens with zero attached hydrogens (tertiary/aromatic N) is 1. The van der Waals surface area contributed by atoms with Gasteiger partial charge in [0.25, 0.3) is 0 Å². The highest BCUT2D eigenvalue weighted by Crippen LogP contribution is 2.05. The summed E-state index contributed by atoms with van der Waals surface area (Å²) in [6, 6.07) is 8.00. The van der Waals surface area contributed by atoms with Gasteiger partial charge in [-0.1, -0.05) is 29.8 Å². The first-order valence-electron chi connectivity index (χ1n) is 6.39. The number of rotatable bonds is 5. The number of carbonyl (C=O) groups is 2. The summed E-state index contributed by atoms with van der Waals surface area (Å²) in [5.41, 5.74) is 2.25. The average Bonchev–Trinajstić information content (AvgIpc) is 2.80. The SMILES string of the molecule is Cc1cccc(CNC(=O)CCN2CCOC2=O)c1. The van der Waals surface area contributed by atoms with Gasteiger partial charge >= 0.3 is 6.09 Å². The number of nitrogens with one attached hydrogen (secondary N) is 1. The maximum absolute atomic E-state index is 11.7. The van der Waals surface area contributed by atoms with Crippen LogP contribution in [0, 0.1) is 6.92 Å². The van der Waals surface area contributed by atoms with Crippen molar-refractivity contribution in [1.29, 1.82) is 0 Å². The van der Waals surface area contributed by atoms with E-state index < -0.39 is 0 Å². The van der Waals surface area contributed by atoms with E-state index in [2.05, 4.69) is 5.32 Å². The fourth-order valence-corrected chi connectivity index (χ4v) is 1.98. The molecule has 1 aromatic rings. The van der Waals surface area contributed by atoms with Crippen LogP contribution in [0.3, 0.4) is 0 Å². The molecule has 1 fully saturated rings. The van der Waals surface area contributed by atoms with Gasteiger partial charge in [0.15, 0.2) is 0 Å². The molecule has 1 heterocycles. The first-order valence-corrected chi connectivity index (χ1v) is 6.39. The van der Waals surface area contributed by atoms with Crippen molar-refractivity contribution in [2.24, 2.45) is 0 Å². The minimum atomic E-state index is -0.327. The second-order valence-corrected chi connectivity index (χ2v) is 4.62. The lowest BCUT2D eigenvalue weighted by Gasteiger charge is -2.12. The molecule has 0 spiro atoms. The number of hydrogen-bond donors (Lipinski definition) is 1. The van der Waals surface area contributed by atoms with Crippen molar-refractivity contribution in [2.45, 2.75) is 19.9 Å². The van der Waals surface area contributed by atoms with Crippen LogP contribution in [0.15, 0.2) is 24.3 Å². The molecular weight excluding hydrogens is 244 g/mol. The van der Waals surface area contributed by atoms with Crippen molar-refractivity contribution in [3.05, 3.63) is 35.4 Å². The van der Waals surface area contributed by atoms with Crippen LogP contribution in [0.2, 0.25) is 0 Å². The first kappa shape index (κ1) is 13.4. The van der Waals surface area contributed by atoms with Gasteiger partial charge in [-0.15, -0.1) is 0 Å². The summed E-state index contributed by atoms with van der Waals surface area (Å²) in [5, 5.41) is 2.85. The number of hydrogen-bond acceptors (Lipinski definition) is 3. The molecule has 0 aromatic heterocycles. The maximum atomic E-state index is 11.7. The fraction of sp³-hybridized carbons (Fsp3) is 0.429. The molecule has 0 atom stereocenters. The Hall–Kier alpha value is -2.04. The summed E-state index contributed by atoms with van der Waals surface area (Å²) in [6.45, 7) is 3.95. The summed E-state index contributed by atoms with van der Waals surface area (Å²) in [6.07, 6.45) is -0.0209. The minimum absolute atomic E-state index is 0.0544. The Morgan fingerprint density at radius 1 is 1.47 bits per heavy atom. The number of ether oxygens (including phenoxy) is 1. The van der Waals surface area contributed by atoms with Crippen LogP contribution < -0.4 is 5.32 Å². The monoisotopic (exact) mass is 262 g/mol. The molecule has 0 unspecified atom stereocenters. The van der Waals surface area contributed by atoms with E-state index in [0.717, 1.165) is 5.56 Å². The molecule has 1 aromatic carbocycles. The Balaban J connectivity index is 1.71. The zero-order chi connectivity index (χ0) is 13.7. The molecule has 0 bridgehead atoms. The van der Waals surface area contributed by atoms with Crippen LogP contribution in [0.5, 0.6) is 0 Å². The summed E-state index contributed by atoms with van der Waals surface area (Å²) in [7, 11) is 0. The van der Waals surface area contributed by atoms with Gasteiger partial charge in [0.05, 0.1) is 6.54 Å². The number of amides is 2. The first-order chi connectivity index (χ1) is 9.15. The predicted octanol–water partition coefficient (Wildman–Crippen LogP) is 1.45. The van der Waals surface area contributed by atoms with Crippen LogP contribution >= 0.6 is 0 Å². The van der Waals surface area contributed by atoms with Crippen LogP contribution in [0.25, 0.3) is 0 Å². The highest BCUT2D eigenvalue weighted by atomic mass is 16.6. The van der Waals surface area contributed by atoms with Gasteiger partial charge in [0.2, 0.25) is 5.91 Å². The highest BCUT2D eigenvalue weighted by Gasteiger charge is 2.21. The number of benzene rings is 1. The lowest BCUT2D eigenvalue weighted by molar-refractivity contribution is -0.121. The molecule has 5 heteroatoms. The predicted molar refractivity (Wildman–Crippen MR) is 70.6 cm³/mol. The van der Waals surface area contributed by atoms with E-state index in [9.17, 15) is 9.59 Å². The molecule has 102 valence electrons. The molecule has 1 aliphatic heterocycles. The van der Waals surface area contributed by atoms with Crippen molar-refractivity contribution in [3.63, 3.8) is 0 Å². The van der Waals surface area contributed by atoms with Gasteiger partial charge < -0.3 is 15.0 Å². The fourth-order valence-electron chi connectivity index (χ4n) is 1.98. The standard InChI is InChI=1S/C14H18N2O3/c1-11-3-2-4-12(9-11)10-15-13(17)5-6-16-7-8-19-14(16)18/h2-4,9H,5-8,10H2,1H3,(H,15,17). The van der Waals surface area contributed by atoms with Crippen LogP contribution in [0.1, 0.15) is 17.5 Å². The normalized spacial score (nSPS) is 14.4. The second-order valence-electron chi connectivity index (χ2n) is 4.62. The van der Waals surface area contributed by atoms with Crippen LogP contribution in [0.4, 0.5) is 4.79 Å². The van der Waals surface area contributed by atoms with E-state index in [1.165, 1.54) is 5.56 Å². The van der Waals surface area contributed by atoms with Gasteiger partial charge in [-0.25, -0.2) is 4.79 Å². The Morgan fingerprint density at radius 2 is 2.32 bits per heavy atom. The van der Waals surface area contributed by atoms with Crippen molar-refractivity contribution >= 4 is 12.0 Å². The zero-order valence-electron chi connectivity index (χ0n) is 11.0. The van der Waals surface area contributed by atoms with Crippen molar-refractivity contribution in [3.8, 4) is 0 Å². The van der Waals surface area contributed by atoms with E-state index in [1.54, 1.807) is 4.90 Å². The van der Waals surface area contributed by atoms with Crippen LogP contribution in [-0.2, 0) is 16.1 Å². The molecular formula is C14H18N2O3.